The lowest BCUT2D eigenvalue weighted by atomic mass is 10.1. The van der Waals surface area contributed by atoms with E-state index >= 15 is 0 Å². The monoisotopic (exact) mass is 261 g/mol. The Balaban J connectivity index is 2.88. The van der Waals surface area contributed by atoms with Gasteiger partial charge in [-0.3, -0.25) is 4.90 Å². The van der Waals surface area contributed by atoms with Crippen molar-refractivity contribution in [2.24, 2.45) is 0 Å². The lowest BCUT2D eigenvalue weighted by molar-refractivity contribution is -0.0698. The van der Waals surface area contributed by atoms with Crippen molar-refractivity contribution in [2.75, 3.05) is 13.2 Å². The van der Waals surface area contributed by atoms with Gasteiger partial charge in [-0.2, -0.15) is 0 Å². The van der Waals surface area contributed by atoms with E-state index in [0.717, 1.165) is 0 Å². The van der Waals surface area contributed by atoms with Gasteiger partial charge in [0.25, 0.3) is 0 Å². The molecular weight excluding hydrogens is 238 g/mol. The van der Waals surface area contributed by atoms with Crippen LogP contribution < -0.4 is 0 Å². The fraction of sp³-hybridized carbons (Fsp3) is 0.917. The zero-order chi connectivity index (χ0) is 14.1. The largest absolute Gasteiger partial charge is 0.444 e. The highest BCUT2D eigenvalue weighted by Gasteiger charge is 2.48. The molecule has 1 saturated heterocycles. The summed E-state index contributed by atoms with van der Waals surface area (Å²) in [5.74, 6) is 0. The molecule has 0 saturated carbocycles. The summed E-state index contributed by atoms with van der Waals surface area (Å²) in [6.45, 7) is 8.50. The van der Waals surface area contributed by atoms with Gasteiger partial charge in [0.05, 0.1) is 25.4 Å². The topological polar surface area (TPSA) is 79.2 Å². The van der Waals surface area contributed by atoms with Crippen LogP contribution in [0.5, 0.6) is 0 Å². The molecular formula is C12H23NO5. The summed E-state index contributed by atoms with van der Waals surface area (Å²) < 4.78 is 10.8. The summed E-state index contributed by atoms with van der Waals surface area (Å²) in [7, 11) is 0. The van der Waals surface area contributed by atoms with Gasteiger partial charge in [-0.05, 0) is 34.6 Å². The molecule has 1 amide bonds. The molecule has 0 aromatic carbocycles. The van der Waals surface area contributed by atoms with E-state index in [-0.39, 0.29) is 6.61 Å². The molecule has 0 radical (unpaired) electrons. The molecule has 1 fully saturated rings. The van der Waals surface area contributed by atoms with Gasteiger partial charge in [0.2, 0.25) is 0 Å². The number of nitrogens with zero attached hydrogens (tertiary/aromatic N) is 1. The average Bonchev–Trinajstić information content (AvgIpc) is 2.50. The molecule has 1 rings (SSSR count). The standard InChI is InChI=1S/C12H23NO5/c1-11(2,3)18-10(16)13-8(9(15)6-14)7-17-12(13,4)5/h8-9,14-15H,6-7H2,1-5H3/t8-,9+/m0/s1. The summed E-state index contributed by atoms with van der Waals surface area (Å²) in [4.78, 5) is 13.5. The Bertz CT molecular complexity index is 310. The second-order valence-corrected chi connectivity index (χ2v) is 5.93. The van der Waals surface area contributed by atoms with Gasteiger partial charge < -0.3 is 19.7 Å². The molecule has 18 heavy (non-hydrogen) atoms. The van der Waals surface area contributed by atoms with Gasteiger partial charge in [-0.15, -0.1) is 0 Å². The molecule has 1 aliphatic heterocycles. The minimum atomic E-state index is -1.04. The van der Waals surface area contributed by atoms with E-state index in [2.05, 4.69) is 0 Å². The van der Waals surface area contributed by atoms with Crippen molar-refractivity contribution >= 4 is 6.09 Å². The Hall–Kier alpha value is -0.850. The van der Waals surface area contributed by atoms with E-state index in [1.165, 1.54) is 4.90 Å². The lowest BCUT2D eigenvalue weighted by Crippen LogP contribution is -2.54. The Morgan fingerprint density at radius 2 is 2.11 bits per heavy atom. The first kappa shape index (κ1) is 15.2. The first-order chi connectivity index (χ1) is 8.08. The van der Waals surface area contributed by atoms with Gasteiger partial charge in [0, 0.05) is 0 Å². The third kappa shape index (κ3) is 3.34. The summed E-state index contributed by atoms with van der Waals surface area (Å²) in [5, 5.41) is 18.7. The van der Waals surface area contributed by atoms with E-state index in [4.69, 9.17) is 14.6 Å². The minimum Gasteiger partial charge on any atom is -0.444 e. The number of carbonyl (C=O) groups excluding carboxylic acids is 1. The lowest BCUT2D eigenvalue weighted by Gasteiger charge is -2.36. The Labute approximate surface area is 107 Å². The number of aliphatic hydroxyl groups excluding tert-OH is 2. The number of hydrogen-bond acceptors (Lipinski definition) is 5. The maximum absolute atomic E-state index is 12.1. The zero-order valence-corrected chi connectivity index (χ0v) is 11.6. The van der Waals surface area contributed by atoms with Crippen molar-refractivity contribution in [1.82, 2.24) is 4.90 Å². The Morgan fingerprint density at radius 1 is 1.56 bits per heavy atom. The van der Waals surface area contributed by atoms with Crippen LogP contribution in [0.4, 0.5) is 4.79 Å². The predicted octanol–water partition coefficient (Wildman–Crippen LogP) is 0.712. The van der Waals surface area contributed by atoms with Crippen LogP contribution in [0.2, 0.25) is 0 Å². The maximum atomic E-state index is 12.1. The molecule has 0 unspecified atom stereocenters. The normalized spacial score (nSPS) is 25.1. The average molecular weight is 261 g/mol. The molecule has 2 N–H and O–H groups in total. The van der Waals surface area contributed by atoms with Gasteiger partial charge in [0.15, 0.2) is 0 Å². The molecule has 106 valence electrons. The van der Waals surface area contributed by atoms with Crippen LogP contribution in [0.1, 0.15) is 34.6 Å². The predicted molar refractivity (Wildman–Crippen MR) is 65.0 cm³/mol. The summed E-state index contributed by atoms with van der Waals surface area (Å²) >= 11 is 0. The van der Waals surface area contributed by atoms with E-state index in [9.17, 15) is 9.90 Å². The maximum Gasteiger partial charge on any atom is 0.412 e. The van der Waals surface area contributed by atoms with Gasteiger partial charge in [-0.25, -0.2) is 4.79 Å². The van der Waals surface area contributed by atoms with Crippen molar-refractivity contribution in [3.63, 3.8) is 0 Å². The molecule has 1 heterocycles. The first-order valence-electron chi connectivity index (χ1n) is 6.03. The van der Waals surface area contributed by atoms with Crippen LogP contribution in [-0.2, 0) is 9.47 Å². The highest BCUT2D eigenvalue weighted by atomic mass is 16.6. The molecule has 2 atom stereocenters. The molecule has 0 spiro atoms. The van der Waals surface area contributed by atoms with Crippen molar-refractivity contribution in [3.8, 4) is 0 Å². The third-order valence-electron chi connectivity index (χ3n) is 2.74. The zero-order valence-electron chi connectivity index (χ0n) is 11.6. The van der Waals surface area contributed by atoms with Crippen molar-refractivity contribution in [1.29, 1.82) is 0 Å². The highest BCUT2D eigenvalue weighted by Crippen LogP contribution is 2.30. The molecule has 0 aromatic rings. The van der Waals surface area contributed by atoms with Crippen LogP contribution in [0.3, 0.4) is 0 Å². The quantitative estimate of drug-likeness (QED) is 0.765. The van der Waals surface area contributed by atoms with Gasteiger partial charge >= 0.3 is 6.09 Å². The Morgan fingerprint density at radius 3 is 2.56 bits per heavy atom. The second-order valence-electron chi connectivity index (χ2n) is 5.93. The molecule has 0 bridgehead atoms. The summed E-state index contributed by atoms with van der Waals surface area (Å²) in [6.07, 6.45) is -1.60. The minimum absolute atomic E-state index is 0.175. The number of rotatable bonds is 2. The third-order valence-corrected chi connectivity index (χ3v) is 2.74. The fourth-order valence-corrected chi connectivity index (χ4v) is 1.90. The van der Waals surface area contributed by atoms with Gasteiger partial charge in [0.1, 0.15) is 11.3 Å². The fourth-order valence-electron chi connectivity index (χ4n) is 1.90. The van der Waals surface area contributed by atoms with Crippen molar-refractivity contribution in [3.05, 3.63) is 0 Å². The van der Waals surface area contributed by atoms with Crippen LogP contribution in [-0.4, -0.2) is 57.9 Å². The Kier molecular flexibility index (Phi) is 4.25. The smallest absolute Gasteiger partial charge is 0.412 e. The number of carbonyl (C=O) groups is 1. The van der Waals surface area contributed by atoms with Crippen LogP contribution in [0.25, 0.3) is 0 Å². The van der Waals surface area contributed by atoms with E-state index in [1.54, 1.807) is 34.6 Å². The number of amides is 1. The van der Waals surface area contributed by atoms with Crippen molar-refractivity contribution in [2.45, 2.75) is 58.1 Å². The SMILES string of the molecule is CC(C)(C)OC(=O)N1[C@H]([C@H](O)CO)COC1(C)C. The van der Waals surface area contributed by atoms with Crippen LogP contribution in [0, 0.1) is 0 Å². The molecule has 6 heteroatoms. The second kappa shape index (κ2) is 5.03. The number of hydrogen-bond donors (Lipinski definition) is 2. The molecule has 6 nitrogen and oxygen atoms in total. The highest BCUT2D eigenvalue weighted by molar-refractivity contribution is 5.69. The number of aliphatic hydroxyl groups is 2. The summed E-state index contributed by atoms with van der Waals surface area (Å²) in [6, 6.07) is -0.597. The number of ether oxygens (including phenoxy) is 2. The molecule has 0 aromatic heterocycles. The van der Waals surface area contributed by atoms with E-state index in [1.807, 2.05) is 0 Å². The van der Waals surface area contributed by atoms with Gasteiger partial charge in [-0.1, -0.05) is 0 Å². The van der Waals surface area contributed by atoms with E-state index in [0.29, 0.717) is 0 Å². The van der Waals surface area contributed by atoms with Crippen LogP contribution in [0.15, 0.2) is 0 Å². The summed E-state index contributed by atoms with van der Waals surface area (Å²) in [5.41, 5.74) is -1.48. The van der Waals surface area contributed by atoms with Crippen molar-refractivity contribution < 1.29 is 24.5 Å². The molecule has 1 aliphatic rings. The van der Waals surface area contributed by atoms with Crippen LogP contribution >= 0.6 is 0 Å². The first-order valence-corrected chi connectivity index (χ1v) is 6.03. The molecule has 0 aliphatic carbocycles. The van der Waals surface area contributed by atoms with E-state index < -0.39 is 36.2 Å².